The van der Waals surface area contributed by atoms with Crippen molar-refractivity contribution in [2.45, 2.75) is 57.7 Å². The Morgan fingerprint density at radius 1 is 0.806 bits per heavy atom. The lowest BCUT2D eigenvalue weighted by atomic mass is 9.78. The molecule has 2 aromatic carbocycles. The van der Waals surface area contributed by atoms with Gasteiger partial charge in [0, 0.05) is 36.1 Å². The Labute approximate surface area is 185 Å². The van der Waals surface area contributed by atoms with Crippen LogP contribution in [-0.4, -0.2) is 34.0 Å². The lowest BCUT2D eigenvalue weighted by molar-refractivity contribution is -0.161. The molecule has 0 N–H and O–H groups in total. The Morgan fingerprint density at radius 2 is 1.26 bits per heavy atom. The van der Waals surface area contributed by atoms with Gasteiger partial charge >= 0.3 is 5.97 Å². The van der Waals surface area contributed by atoms with Crippen LogP contribution in [0.3, 0.4) is 0 Å². The zero-order valence-corrected chi connectivity index (χ0v) is 18.7. The Balaban J connectivity index is 1.67. The van der Waals surface area contributed by atoms with E-state index in [1.165, 1.54) is 6.08 Å². The zero-order valence-electron chi connectivity index (χ0n) is 18.7. The second-order valence-corrected chi connectivity index (χ2v) is 9.25. The largest absolute Gasteiger partial charge is 0.459 e. The third-order valence-electron chi connectivity index (χ3n) is 5.60. The minimum absolute atomic E-state index is 0.0346. The summed E-state index contributed by atoms with van der Waals surface area (Å²) < 4.78 is 5.76. The smallest absolute Gasteiger partial charge is 0.331 e. The van der Waals surface area contributed by atoms with Crippen LogP contribution in [0.25, 0.3) is 12.2 Å². The van der Waals surface area contributed by atoms with Crippen LogP contribution < -0.4 is 0 Å². The highest BCUT2D eigenvalue weighted by Crippen LogP contribution is 2.40. The molecule has 0 atom stereocenters. The molecular weight excluding hydrogens is 386 g/mol. The predicted molar refractivity (Wildman–Crippen MR) is 125 cm³/mol. The van der Waals surface area contributed by atoms with Crippen molar-refractivity contribution < 1.29 is 14.3 Å². The number of carbonyl (C=O) groups excluding carboxylic acids is 2. The first kappa shape index (κ1) is 22.5. The van der Waals surface area contributed by atoms with E-state index in [2.05, 4.69) is 0 Å². The molecule has 162 valence electrons. The molecule has 1 heterocycles. The summed E-state index contributed by atoms with van der Waals surface area (Å²) in [6, 6.07) is 19.4. The predicted octanol–water partition coefficient (Wildman–Crippen LogP) is 5.50. The van der Waals surface area contributed by atoms with Crippen molar-refractivity contribution in [3.05, 3.63) is 83.9 Å². The molecule has 31 heavy (non-hydrogen) atoms. The third kappa shape index (κ3) is 5.94. The van der Waals surface area contributed by atoms with Crippen LogP contribution >= 0.6 is 0 Å². The minimum atomic E-state index is -0.450. The van der Waals surface area contributed by atoms with Crippen LogP contribution in [0.15, 0.2) is 72.8 Å². The molecule has 1 fully saturated rings. The summed E-state index contributed by atoms with van der Waals surface area (Å²) in [7, 11) is 0. The maximum atomic E-state index is 13.1. The standard InChI is InChI=1S/C27H31NO3/c1-26(2)19-23(31-25(30)18-16-22-13-9-6-10-14-22)20-27(3,4)28(26)24(29)17-15-21-11-7-5-8-12-21/h5-18,23H,19-20H2,1-4H3. The molecule has 1 aliphatic heterocycles. The van der Waals surface area contributed by atoms with Gasteiger partial charge in [-0.25, -0.2) is 4.79 Å². The van der Waals surface area contributed by atoms with Crippen molar-refractivity contribution in [2.75, 3.05) is 0 Å². The average molecular weight is 418 g/mol. The SMILES string of the molecule is CC1(C)CC(OC(=O)C=Cc2ccccc2)CC(C)(C)N1C(=O)C=Cc1ccccc1. The molecule has 0 spiro atoms. The van der Waals surface area contributed by atoms with E-state index < -0.39 is 11.1 Å². The number of likely N-dealkylation sites (tertiary alicyclic amines) is 1. The van der Waals surface area contributed by atoms with Gasteiger partial charge in [-0.05, 0) is 51.0 Å². The molecule has 0 aromatic heterocycles. The van der Waals surface area contributed by atoms with Crippen LogP contribution in [0.4, 0.5) is 0 Å². The van der Waals surface area contributed by atoms with E-state index in [0.717, 1.165) is 11.1 Å². The maximum Gasteiger partial charge on any atom is 0.331 e. The van der Waals surface area contributed by atoms with Gasteiger partial charge in [0.15, 0.2) is 0 Å². The molecule has 4 nitrogen and oxygen atoms in total. The van der Waals surface area contributed by atoms with Crippen molar-refractivity contribution in [3.63, 3.8) is 0 Å². The molecule has 0 aliphatic carbocycles. The Kier molecular flexibility index (Phi) is 6.79. The summed E-state index contributed by atoms with van der Waals surface area (Å²) >= 11 is 0. The fourth-order valence-corrected chi connectivity index (χ4v) is 4.61. The van der Waals surface area contributed by atoms with Gasteiger partial charge in [0.05, 0.1) is 0 Å². The normalized spacial score (nSPS) is 18.4. The lowest BCUT2D eigenvalue weighted by Crippen LogP contribution is -2.64. The zero-order chi connectivity index (χ0) is 22.5. The fraction of sp³-hybridized carbons (Fsp3) is 0.333. The van der Waals surface area contributed by atoms with E-state index >= 15 is 0 Å². The van der Waals surface area contributed by atoms with Gasteiger partial charge in [-0.2, -0.15) is 0 Å². The van der Waals surface area contributed by atoms with Gasteiger partial charge in [0.25, 0.3) is 0 Å². The van der Waals surface area contributed by atoms with Gasteiger partial charge in [-0.1, -0.05) is 60.7 Å². The van der Waals surface area contributed by atoms with Crippen molar-refractivity contribution in [3.8, 4) is 0 Å². The topological polar surface area (TPSA) is 46.6 Å². The summed E-state index contributed by atoms with van der Waals surface area (Å²) in [5, 5.41) is 0. The summed E-state index contributed by atoms with van der Waals surface area (Å²) in [5.41, 5.74) is 1.04. The van der Waals surface area contributed by atoms with Crippen LogP contribution in [0.1, 0.15) is 51.7 Å². The quantitative estimate of drug-likeness (QED) is 0.476. The van der Waals surface area contributed by atoms with E-state index in [0.29, 0.717) is 12.8 Å². The number of piperidine rings is 1. The van der Waals surface area contributed by atoms with Crippen LogP contribution in [0.5, 0.6) is 0 Å². The molecular formula is C27H31NO3. The van der Waals surface area contributed by atoms with Crippen molar-refractivity contribution in [2.24, 2.45) is 0 Å². The van der Waals surface area contributed by atoms with E-state index in [4.69, 9.17) is 4.74 Å². The molecule has 3 rings (SSSR count). The second kappa shape index (κ2) is 9.34. The van der Waals surface area contributed by atoms with Crippen LogP contribution in [0, 0.1) is 0 Å². The number of carbonyl (C=O) groups is 2. The van der Waals surface area contributed by atoms with Crippen molar-refractivity contribution in [1.82, 2.24) is 4.90 Å². The van der Waals surface area contributed by atoms with E-state index in [-0.39, 0.29) is 18.0 Å². The Morgan fingerprint density at radius 3 is 1.74 bits per heavy atom. The average Bonchev–Trinajstić information content (AvgIpc) is 2.70. The third-order valence-corrected chi connectivity index (χ3v) is 5.60. The maximum absolute atomic E-state index is 13.1. The van der Waals surface area contributed by atoms with Gasteiger partial charge in [0.1, 0.15) is 6.10 Å². The van der Waals surface area contributed by atoms with Crippen molar-refractivity contribution in [1.29, 1.82) is 0 Å². The number of rotatable bonds is 5. The number of esters is 1. The van der Waals surface area contributed by atoms with Crippen molar-refractivity contribution >= 4 is 24.0 Å². The number of nitrogens with zero attached hydrogens (tertiary/aromatic N) is 1. The molecule has 2 aromatic rings. The highest BCUT2D eigenvalue weighted by atomic mass is 16.5. The van der Waals surface area contributed by atoms with E-state index in [1.54, 1.807) is 12.2 Å². The lowest BCUT2D eigenvalue weighted by Gasteiger charge is -2.54. The summed E-state index contributed by atoms with van der Waals surface area (Å²) in [4.78, 5) is 27.4. The minimum Gasteiger partial charge on any atom is -0.459 e. The first-order valence-corrected chi connectivity index (χ1v) is 10.7. The monoisotopic (exact) mass is 417 g/mol. The van der Waals surface area contributed by atoms with Gasteiger partial charge < -0.3 is 9.64 Å². The number of amides is 1. The highest BCUT2D eigenvalue weighted by Gasteiger charge is 2.48. The number of benzene rings is 2. The first-order valence-electron chi connectivity index (χ1n) is 10.7. The van der Waals surface area contributed by atoms with E-state index in [1.807, 2.05) is 99.3 Å². The second-order valence-electron chi connectivity index (χ2n) is 9.25. The van der Waals surface area contributed by atoms with Gasteiger partial charge in [0.2, 0.25) is 5.91 Å². The molecule has 1 aliphatic rings. The Hall–Kier alpha value is -3.14. The molecule has 0 bridgehead atoms. The molecule has 4 heteroatoms. The number of ether oxygens (including phenoxy) is 1. The molecule has 0 unspecified atom stereocenters. The van der Waals surface area contributed by atoms with Crippen LogP contribution in [-0.2, 0) is 14.3 Å². The molecule has 1 amide bonds. The molecule has 1 saturated heterocycles. The number of hydrogen-bond donors (Lipinski definition) is 0. The first-order chi connectivity index (χ1) is 14.7. The van der Waals surface area contributed by atoms with E-state index in [9.17, 15) is 9.59 Å². The highest BCUT2D eigenvalue weighted by molar-refractivity contribution is 5.93. The van der Waals surface area contributed by atoms with Gasteiger partial charge in [-0.3, -0.25) is 4.79 Å². The summed E-state index contributed by atoms with van der Waals surface area (Å²) in [6.45, 7) is 8.12. The van der Waals surface area contributed by atoms with Crippen LogP contribution in [0.2, 0.25) is 0 Å². The summed E-state index contributed by atoms with van der Waals surface area (Å²) in [6.07, 6.45) is 7.63. The molecule has 0 radical (unpaired) electrons. The van der Waals surface area contributed by atoms with Gasteiger partial charge in [-0.15, -0.1) is 0 Å². The summed E-state index contributed by atoms with van der Waals surface area (Å²) in [5.74, 6) is -0.392. The molecule has 0 saturated carbocycles. The number of hydrogen-bond acceptors (Lipinski definition) is 3. The Bertz CT molecular complexity index is 940. The fourth-order valence-electron chi connectivity index (χ4n) is 4.61.